The molecular formula is C26H26BrPS. The predicted molar refractivity (Wildman–Crippen MR) is 127 cm³/mol. The molecule has 0 unspecified atom stereocenters. The molecule has 4 rings (SSSR count). The number of thiophene rings is 1. The summed E-state index contributed by atoms with van der Waals surface area (Å²) in [6, 6.07) is 33.5. The molecule has 0 amide bonds. The summed E-state index contributed by atoms with van der Waals surface area (Å²) >= 11 is 1.98. The fraction of sp³-hybridized carbons (Fsp3) is 0.154. The molecule has 0 nitrogen and oxygen atoms in total. The van der Waals surface area contributed by atoms with Gasteiger partial charge in [0.05, 0.1) is 0 Å². The summed E-state index contributed by atoms with van der Waals surface area (Å²) in [7, 11) is -1.80. The lowest BCUT2D eigenvalue weighted by molar-refractivity contribution is -0.00000556. The maximum absolute atomic E-state index is 2.33. The molecule has 0 radical (unpaired) electrons. The molecule has 29 heavy (non-hydrogen) atoms. The minimum Gasteiger partial charge on any atom is -1.00 e. The number of aryl methyl sites for hydroxylation is 1. The van der Waals surface area contributed by atoms with Crippen LogP contribution in [0.5, 0.6) is 0 Å². The summed E-state index contributed by atoms with van der Waals surface area (Å²) in [6.45, 7) is 6.81. The highest BCUT2D eigenvalue weighted by atomic mass is 79.9. The van der Waals surface area contributed by atoms with E-state index in [9.17, 15) is 0 Å². The highest BCUT2D eigenvalue weighted by Crippen LogP contribution is 2.59. The fourth-order valence-electron chi connectivity index (χ4n) is 3.95. The van der Waals surface area contributed by atoms with Gasteiger partial charge in [-0.25, -0.2) is 0 Å². The highest BCUT2D eigenvalue weighted by Gasteiger charge is 2.46. The molecule has 1 heterocycles. The Kier molecular flexibility index (Phi) is 7.11. The molecule has 0 bridgehead atoms. The van der Waals surface area contributed by atoms with Crippen molar-refractivity contribution in [3.8, 4) is 0 Å². The monoisotopic (exact) mass is 480 g/mol. The van der Waals surface area contributed by atoms with Crippen molar-refractivity contribution < 1.29 is 17.0 Å². The maximum Gasteiger partial charge on any atom is 0.117 e. The first-order chi connectivity index (χ1) is 13.6. The van der Waals surface area contributed by atoms with Crippen LogP contribution in [0.2, 0.25) is 0 Å². The molecule has 4 aromatic rings. The number of rotatable bonds is 5. The number of halogens is 1. The van der Waals surface area contributed by atoms with Crippen LogP contribution in [0.3, 0.4) is 0 Å². The van der Waals surface area contributed by atoms with Crippen LogP contribution in [0.1, 0.15) is 20.9 Å². The van der Waals surface area contributed by atoms with Gasteiger partial charge in [-0.05, 0) is 68.3 Å². The lowest BCUT2D eigenvalue weighted by atomic mass is 10.2. The number of hydrogen-bond acceptors (Lipinski definition) is 1. The van der Waals surface area contributed by atoms with Crippen LogP contribution in [0.15, 0.2) is 91.0 Å². The van der Waals surface area contributed by atoms with Gasteiger partial charge in [0.25, 0.3) is 0 Å². The first kappa shape index (κ1) is 22.0. The summed E-state index contributed by atoms with van der Waals surface area (Å²) in [6.07, 6.45) is 1.08. The van der Waals surface area contributed by atoms with Crippen molar-refractivity contribution in [3.05, 3.63) is 112 Å². The molecule has 3 aromatic carbocycles. The van der Waals surface area contributed by atoms with Gasteiger partial charge in [-0.1, -0.05) is 54.6 Å². The van der Waals surface area contributed by atoms with Crippen molar-refractivity contribution in [3.63, 3.8) is 0 Å². The molecule has 0 aliphatic rings. The Morgan fingerprint density at radius 3 is 1.28 bits per heavy atom. The second kappa shape index (κ2) is 9.39. The van der Waals surface area contributed by atoms with Gasteiger partial charge < -0.3 is 17.0 Å². The van der Waals surface area contributed by atoms with Crippen LogP contribution < -0.4 is 32.9 Å². The van der Waals surface area contributed by atoms with Crippen molar-refractivity contribution in [1.29, 1.82) is 0 Å². The van der Waals surface area contributed by atoms with Crippen LogP contribution in [0, 0.1) is 20.8 Å². The zero-order valence-electron chi connectivity index (χ0n) is 17.1. The average molecular weight is 481 g/mol. The topological polar surface area (TPSA) is 0 Å². The molecule has 0 aliphatic carbocycles. The van der Waals surface area contributed by atoms with E-state index in [-0.39, 0.29) is 17.0 Å². The van der Waals surface area contributed by atoms with Crippen LogP contribution in [-0.2, 0) is 6.16 Å². The van der Waals surface area contributed by atoms with Gasteiger partial charge in [0.2, 0.25) is 0 Å². The summed E-state index contributed by atoms with van der Waals surface area (Å²) in [4.78, 5) is 2.97. The summed E-state index contributed by atoms with van der Waals surface area (Å²) < 4.78 is 0. The Labute approximate surface area is 189 Å². The number of hydrogen-bond donors (Lipinski definition) is 0. The van der Waals surface area contributed by atoms with Gasteiger partial charge in [-0.2, -0.15) is 0 Å². The summed E-state index contributed by atoms with van der Waals surface area (Å²) in [5.74, 6) is 0. The third kappa shape index (κ3) is 4.12. The molecule has 1 aromatic heterocycles. The summed E-state index contributed by atoms with van der Waals surface area (Å²) in [5, 5.41) is 4.36. The molecule has 0 aliphatic heterocycles. The Morgan fingerprint density at radius 2 is 0.966 bits per heavy atom. The lowest BCUT2D eigenvalue weighted by Crippen LogP contribution is -3.00. The van der Waals surface area contributed by atoms with Crippen LogP contribution in [0.4, 0.5) is 0 Å². The highest BCUT2D eigenvalue weighted by molar-refractivity contribution is 7.95. The van der Waals surface area contributed by atoms with E-state index in [1.165, 1.54) is 36.8 Å². The standard InChI is InChI=1S/C26H26PS.BrH/c1-20-21(2)26(28-22(20)3)19-27(23-13-7-4-8-14-23,24-15-9-5-10-16-24)25-17-11-6-12-18-25;/h4-18H,19H2,1-3H3;1H/q+1;/p-1. The van der Waals surface area contributed by atoms with Gasteiger partial charge in [-0.15, -0.1) is 11.3 Å². The SMILES string of the molecule is Cc1sc(C[P+](c2ccccc2)(c2ccccc2)c2ccccc2)c(C)c1C.[Br-]. The quantitative estimate of drug-likeness (QED) is 0.385. The Bertz CT molecular complexity index is 959. The number of benzene rings is 3. The maximum atomic E-state index is 2.33. The normalized spacial score (nSPS) is 11.1. The molecule has 0 spiro atoms. The van der Waals surface area contributed by atoms with Gasteiger partial charge in [0.1, 0.15) is 29.3 Å². The molecule has 148 valence electrons. The molecule has 0 atom stereocenters. The molecule has 0 saturated heterocycles. The Balaban J connectivity index is 0.00000240. The second-order valence-corrected chi connectivity index (χ2v) is 12.1. The van der Waals surface area contributed by atoms with E-state index >= 15 is 0 Å². The van der Waals surface area contributed by atoms with Gasteiger partial charge >= 0.3 is 0 Å². The summed E-state index contributed by atoms with van der Waals surface area (Å²) in [5.41, 5.74) is 2.92. The van der Waals surface area contributed by atoms with Gasteiger partial charge in [0.15, 0.2) is 0 Å². The molecule has 3 heteroatoms. The van der Waals surface area contributed by atoms with Crippen LogP contribution in [-0.4, -0.2) is 0 Å². The largest absolute Gasteiger partial charge is 1.00 e. The van der Waals surface area contributed by atoms with E-state index in [2.05, 4.69) is 112 Å². The average Bonchev–Trinajstić information content (AvgIpc) is 3.00. The predicted octanol–water partition coefficient (Wildman–Crippen LogP) is 3.17. The molecular weight excluding hydrogens is 455 g/mol. The van der Waals surface area contributed by atoms with Crippen LogP contribution >= 0.6 is 18.6 Å². The van der Waals surface area contributed by atoms with E-state index in [0.717, 1.165) is 6.16 Å². The Morgan fingerprint density at radius 1 is 0.586 bits per heavy atom. The van der Waals surface area contributed by atoms with Crippen molar-refractivity contribution in [2.45, 2.75) is 26.9 Å². The Hall–Kier alpha value is -1.73. The zero-order valence-corrected chi connectivity index (χ0v) is 20.4. The first-order valence-corrected chi connectivity index (χ1v) is 12.5. The third-order valence-corrected chi connectivity index (χ3v) is 11.6. The van der Waals surface area contributed by atoms with Gasteiger partial charge in [-0.3, -0.25) is 0 Å². The van der Waals surface area contributed by atoms with E-state index in [4.69, 9.17) is 0 Å². The minimum atomic E-state index is -1.80. The van der Waals surface area contributed by atoms with E-state index in [1.807, 2.05) is 11.3 Å². The molecule has 0 fully saturated rings. The fourth-order valence-corrected chi connectivity index (χ4v) is 9.92. The van der Waals surface area contributed by atoms with E-state index in [1.54, 1.807) is 0 Å². The minimum absolute atomic E-state index is 0. The zero-order chi connectivity index (χ0) is 19.6. The molecule has 0 N–H and O–H groups in total. The van der Waals surface area contributed by atoms with Gasteiger partial charge in [0, 0.05) is 9.75 Å². The van der Waals surface area contributed by atoms with Crippen molar-refractivity contribution in [1.82, 2.24) is 0 Å². The van der Waals surface area contributed by atoms with Crippen LogP contribution in [0.25, 0.3) is 0 Å². The van der Waals surface area contributed by atoms with E-state index < -0.39 is 7.26 Å². The lowest BCUT2D eigenvalue weighted by Gasteiger charge is -2.27. The van der Waals surface area contributed by atoms with Crippen molar-refractivity contribution >= 4 is 34.5 Å². The van der Waals surface area contributed by atoms with E-state index in [0.29, 0.717) is 0 Å². The second-order valence-electron chi connectivity index (χ2n) is 7.31. The molecule has 0 saturated carbocycles. The smallest absolute Gasteiger partial charge is 0.117 e. The van der Waals surface area contributed by atoms with Crippen molar-refractivity contribution in [2.24, 2.45) is 0 Å². The first-order valence-electron chi connectivity index (χ1n) is 9.73. The third-order valence-electron chi connectivity index (χ3n) is 5.76. The van der Waals surface area contributed by atoms with Crippen molar-refractivity contribution in [2.75, 3.05) is 0 Å².